The fourth-order valence-corrected chi connectivity index (χ4v) is 4.19. The Morgan fingerprint density at radius 2 is 1.91 bits per heavy atom. The number of hydrogen-bond acceptors (Lipinski definition) is 3. The van der Waals surface area contributed by atoms with Crippen LogP contribution in [0.25, 0.3) is 6.08 Å². The van der Waals surface area contributed by atoms with Crippen LogP contribution in [-0.2, 0) is 17.8 Å². The van der Waals surface area contributed by atoms with E-state index >= 15 is 0 Å². The fraction of sp³-hybridized carbons (Fsp3) is 0.407. The molecular weight excluding hydrogens is 401 g/mol. The lowest BCUT2D eigenvalue weighted by molar-refractivity contribution is -0.117. The summed E-state index contributed by atoms with van der Waals surface area (Å²) in [6.07, 6.45) is 10.1. The van der Waals surface area contributed by atoms with E-state index in [0.29, 0.717) is 6.04 Å². The van der Waals surface area contributed by atoms with Crippen molar-refractivity contribution in [2.45, 2.75) is 58.0 Å². The number of fused-ring (bicyclic) bond motifs is 1. The normalized spacial score (nSPS) is 16.5. The Hall–Kier alpha value is -2.97. The van der Waals surface area contributed by atoms with E-state index in [1.165, 1.54) is 48.6 Å². The number of nitriles is 1. The Bertz CT molecular complexity index is 956. The lowest BCUT2D eigenvalue weighted by Crippen LogP contribution is -2.34. The molecule has 2 aromatic rings. The van der Waals surface area contributed by atoms with Crippen LogP contribution in [0.15, 0.2) is 48.5 Å². The van der Waals surface area contributed by atoms with Crippen molar-refractivity contribution in [2.75, 3.05) is 13.1 Å². The van der Waals surface area contributed by atoms with Crippen LogP contribution in [0, 0.1) is 17.1 Å². The van der Waals surface area contributed by atoms with Crippen LogP contribution in [0.4, 0.5) is 4.39 Å². The summed E-state index contributed by atoms with van der Waals surface area (Å²) in [6.45, 7) is 5.46. The first-order chi connectivity index (χ1) is 15.6. The van der Waals surface area contributed by atoms with E-state index in [1.807, 2.05) is 12.1 Å². The van der Waals surface area contributed by atoms with Crippen LogP contribution < -0.4 is 5.32 Å². The van der Waals surface area contributed by atoms with Crippen molar-refractivity contribution in [1.29, 1.82) is 5.26 Å². The highest BCUT2D eigenvalue weighted by Gasteiger charge is 2.15. The van der Waals surface area contributed by atoms with Gasteiger partial charge in [-0.15, -0.1) is 0 Å². The Kier molecular flexibility index (Phi) is 9.01. The van der Waals surface area contributed by atoms with Gasteiger partial charge in [0.1, 0.15) is 5.82 Å². The van der Waals surface area contributed by atoms with Gasteiger partial charge in [-0.25, -0.2) is 4.39 Å². The molecule has 1 aliphatic carbocycles. The lowest BCUT2D eigenvalue weighted by Gasteiger charge is -2.27. The molecule has 0 saturated heterocycles. The summed E-state index contributed by atoms with van der Waals surface area (Å²) in [5.41, 5.74) is 4.36. The molecule has 1 aliphatic heterocycles. The monoisotopic (exact) mass is 433 g/mol. The third-order valence-corrected chi connectivity index (χ3v) is 6.12. The van der Waals surface area contributed by atoms with Crippen LogP contribution in [0.3, 0.4) is 0 Å². The molecule has 1 heterocycles. The Balaban J connectivity index is 0.000000186. The van der Waals surface area contributed by atoms with E-state index in [4.69, 9.17) is 5.26 Å². The number of rotatable bonds is 4. The quantitative estimate of drug-likeness (QED) is 0.672. The third-order valence-electron chi connectivity index (χ3n) is 6.12. The maximum absolute atomic E-state index is 12.7. The van der Waals surface area contributed by atoms with E-state index < -0.39 is 0 Å². The topological polar surface area (TPSA) is 56.1 Å². The molecule has 0 spiro atoms. The second-order valence-electron chi connectivity index (χ2n) is 8.44. The molecule has 2 aromatic carbocycles. The summed E-state index contributed by atoms with van der Waals surface area (Å²) in [5.74, 6) is -0.329. The van der Waals surface area contributed by atoms with Crippen molar-refractivity contribution in [1.82, 2.24) is 10.2 Å². The van der Waals surface area contributed by atoms with Crippen LogP contribution in [-0.4, -0.2) is 29.9 Å². The van der Waals surface area contributed by atoms with Gasteiger partial charge in [0.15, 0.2) is 0 Å². The summed E-state index contributed by atoms with van der Waals surface area (Å²) in [5, 5.41) is 11.8. The molecule has 1 saturated carbocycles. The number of benzene rings is 2. The maximum Gasteiger partial charge on any atom is 0.244 e. The molecule has 1 fully saturated rings. The van der Waals surface area contributed by atoms with Crippen molar-refractivity contribution in [3.63, 3.8) is 0 Å². The van der Waals surface area contributed by atoms with Gasteiger partial charge in [0.2, 0.25) is 5.91 Å². The smallest absolute Gasteiger partial charge is 0.244 e. The minimum atomic E-state index is -0.265. The molecule has 0 unspecified atom stereocenters. The maximum atomic E-state index is 12.7. The van der Waals surface area contributed by atoms with Gasteiger partial charge in [-0.1, -0.05) is 44.4 Å². The fourth-order valence-electron chi connectivity index (χ4n) is 4.19. The molecule has 168 valence electrons. The molecule has 0 aromatic heterocycles. The summed E-state index contributed by atoms with van der Waals surface area (Å²) in [6, 6.07) is 14.6. The first kappa shape index (κ1) is 23.7. The van der Waals surface area contributed by atoms with Crippen molar-refractivity contribution >= 4 is 12.0 Å². The van der Waals surface area contributed by atoms with Gasteiger partial charge in [0.25, 0.3) is 0 Å². The van der Waals surface area contributed by atoms with Crippen molar-refractivity contribution in [2.24, 2.45) is 0 Å². The third kappa shape index (κ3) is 7.32. The summed E-state index contributed by atoms with van der Waals surface area (Å²) in [7, 11) is 0. The zero-order valence-corrected chi connectivity index (χ0v) is 18.8. The molecule has 0 atom stereocenters. The minimum absolute atomic E-state index is 0.0637. The van der Waals surface area contributed by atoms with E-state index in [9.17, 15) is 9.18 Å². The first-order valence-electron chi connectivity index (χ1n) is 11.6. The lowest BCUT2D eigenvalue weighted by atomic mass is 9.95. The molecular formula is C27H32FN3O. The zero-order chi connectivity index (χ0) is 22.8. The summed E-state index contributed by atoms with van der Waals surface area (Å²) < 4.78 is 12.7. The molecule has 0 radical (unpaired) electrons. The van der Waals surface area contributed by atoms with Gasteiger partial charge in [0.05, 0.1) is 11.6 Å². The zero-order valence-electron chi connectivity index (χ0n) is 18.8. The summed E-state index contributed by atoms with van der Waals surface area (Å²) >= 11 is 0. The predicted molar refractivity (Wildman–Crippen MR) is 126 cm³/mol. The molecule has 1 N–H and O–H groups in total. The molecule has 2 aliphatic rings. The Morgan fingerprint density at radius 3 is 2.59 bits per heavy atom. The van der Waals surface area contributed by atoms with E-state index in [0.717, 1.165) is 50.0 Å². The average molecular weight is 434 g/mol. The predicted octanol–water partition coefficient (Wildman–Crippen LogP) is 5.22. The highest BCUT2D eigenvalue weighted by molar-refractivity contribution is 5.91. The van der Waals surface area contributed by atoms with Gasteiger partial charge >= 0.3 is 0 Å². The molecule has 1 amide bonds. The number of nitrogens with one attached hydrogen (secondary N) is 1. The minimum Gasteiger partial charge on any atom is -0.350 e. The van der Waals surface area contributed by atoms with Crippen LogP contribution >= 0.6 is 0 Å². The molecule has 4 nitrogen and oxygen atoms in total. The van der Waals surface area contributed by atoms with Gasteiger partial charge in [0, 0.05) is 25.2 Å². The van der Waals surface area contributed by atoms with Gasteiger partial charge in [-0.2, -0.15) is 5.26 Å². The average Bonchev–Trinajstić information content (AvgIpc) is 2.84. The highest BCUT2D eigenvalue weighted by atomic mass is 19.1. The van der Waals surface area contributed by atoms with E-state index in [-0.39, 0.29) is 11.7 Å². The van der Waals surface area contributed by atoms with Crippen LogP contribution in [0.2, 0.25) is 0 Å². The number of hydrogen-bond donors (Lipinski definition) is 1. The molecule has 4 rings (SSSR count). The number of likely N-dealkylation sites (N-methyl/N-ethyl adjacent to an activating group) is 1. The SMILES string of the molecule is CCN1CCc2cc(C#N)ccc2C1.O=C(/C=C/c1ccc(F)cc1)NC1CCCCC1. The van der Waals surface area contributed by atoms with Crippen LogP contribution in [0.5, 0.6) is 0 Å². The van der Waals surface area contributed by atoms with E-state index in [1.54, 1.807) is 18.2 Å². The first-order valence-corrected chi connectivity index (χ1v) is 11.6. The summed E-state index contributed by atoms with van der Waals surface area (Å²) in [4.78, 5) is 14.1. The molecule has 0 bridgehead atoms. The Morgan fingerprint density at radius 1 is 1.16 bits per heavy atom. The Labute approximate surface area is 190 Å². The van der Waals surface area contributed by atoms with Crippen molar-refractivity contribution in [3.05, 3.63) is 76.6 Å². The number of carbonyl (C=O) groups is 1. The molecule has 5 heteroatoms. The second kappa shape index (κ2) is 12.2. The number of carbonyl (C=O) groups excluding carboxylic acids is 1. The largest absolute Gasteiger partial charge is 0.350 e. The van der Waals surface area contributed by atoms with Crippen LogP contribution in [0.1, 0.15) is 61.3 Å². The van der Waals surface area contributed by atoms with Gasteiger partial charge in [-0.05, 0) is 72.8 Å². The number of halogens is 1. The molecule has 32 heavy (non-hydrogen) atoms. The standard InChI is InChI=1S/C15H18FNO.C12H14N2/c16-13-9-6-12(7-10-13)8-11-15(18)17-14-4-2-1-3-5-14;1-2-14-6-5-11-7-10(8-13)3-4-12(11)9-14/h6-11,14H,1-5H2,(H,17,18);3-4,7H,2,5-6,9H2,1H3/b11-8+;. The van der Waals surface area contributed by atoms with Crippen molar-refractivity contribution < 1.29 is 9.18 Å². The van der Waals surface area contributed by atoms with Crippen molar-refractivity contribution in [3.8, 4) is 6.07 Å². The number of nitrogens with zero attached hydrogens (tertiary/aromatic N) is 2. The second-order valence-corrected chi connectivity index (χ2v) is 8.44. The number of amides is 1. The van der Waals surface area contributed by atoms with Gasteiger partial charge < -0.3 is 5.32 Å². The van der Waals surface area contributed by atoms with Gasteiger partial charge in [-0.3, -0.25) is 9.69 Å². The highest BCUT2D eigenvalue weighted by Crippen LogP contribution is 2.20. The van der Waals surface area contributed by atoms with E-state index in [2.05, 4.69) is 29.3 Å².